The highest BCUT2D eigenvalue weighted by molar-refractivity contribution is 6.01. The number of piperidine rings is 1. The largest absolute Gasteiger partial charge is 0.376 e. The molecule has 0 radical (unpaired) electrons. The average molecular weight is 390 g/mol. The van der Waals surface area contributed by atoms with E-state index in [4.69, 9.17) is 6.42 Å². The van der Waals surface area contributed by atoms with Crippen LogP contribution in [0.4, 0.5) is 17.1 Å². The molecule has 0 unspecified atom stereocenters. The van der Waals surface area contributed by atoms with Gasteiger partial charge >= 0.3 is 0 Å². The zero-order valence-electron chi connectivity index (χ0n) is 16.4. The molecule has 29 heavy (non-hydrogen) atoms. The van der Waals surface area contributed by atoms with E-state index in [-0.39, 0.29) is 24.9 Å². The first-order chi connectivity index (χ1) is 14.2. The molecule has 6 nitrogen and oxygen atoms in total. The lowest BCUT2D eigenvalue weighted by atomic mass is 10.1. The van der Waals surface area contributed by atoms with Crippen LogP contribution in [0.3, 0.4) is 0 Å². The van der Waals surface area contributed by atoms with Gasteiger partial charge in [-0.2, -0.15) is 0 Å². The number of carbonyl (C=O) groups excluding carboxylic acids is 2. The topological polar surface area (TPSA) is 73.5 Å². The molecule has 3 rings (SSSR count). The molecule has 3 N–H and O–H groups in total. The summed E-state index contributed by atoms with van der Waals surface area (Å²) in [4.78, 5) is 26.9. The maximum atomic E-state index is 12.3. The smallest absolute Gasteiger partial charge is 0.254 e. The van der Waals surface area contributed by atoms with Gasteiger partial charge in [0.1, 0.15) is 0 Å². The van der Waals surface area contributed by atoms with Gasteiger partial charge in [-0.15, -0.1) is 6.42 Å². The highest BCUT2D eigenvalue weighted by Crippen LogP contribution is 2.22. The van der Waals surface area contributed by atoms with Crippen LogP contribution in [0.15, 0.2) is 48.5 Å². The number of terminal acetylenes is 1. The molecule has 1 aliphatic rings. The minimum Gasteiger partial charge on any atom is -0.376 e. The molecular formula is C23H26N4O2. The fourth-order valence-electron chi connectivity index (χ4n) is 3.35. The first-order valence-corrected chi connectivity index (χ1v) is 9.87. The van der Waals surface area contributed by atoms with Crippen LogP contribution in [-0.4, -0.2) is 38.0 Å². The van der Waals surface area contributed by atoms with Crippen LogP contribution in [0.25, 0.3) is 0 Å². The van der Waals surface area contributed by atoms with E-state index in [2.05, 4.69) is 26.8 Å². The third kappa shape index (κ3) is 5.76. The van der Waals surface area contributed by atoms with Gasteiger partial charge in [0.15, 0.2) is 0 Å². The van der Waals surface area contributed by atoms with E-state index >= 15 is 0 Å². The van der Waals surface area contributed by atoms with Gasteiger partial charge in [-0.1, -0.05) is 18.1 Å². The van der Waals surface area contributed by atoms with E-state index in [1.165, 1.54) is 24.9 Å². The lowest BCUT2D eigenvalue weighted by Crippen LogP contribution is -2.29. The molecule has 1 heterocycles. The van der Waals surface area contributed by atoms with E-state index in [0.717, 1.165) is 18.8 Å². The number of rotatable bonds is 7. The number of anilines is 3. The number of nitrogens with zero attached hydrogens (tertiary/aromatic N) is 1. The first kappa shape index (κ1) is 20.3. The van der Waals surface area contributed by atoms with Crippen molar-refractivity contribution in [2.24, 2.45) is 0 Å². The molecule has 0 spiro atoms. The third-order valence-corrected chi connectivity index (χ3v) is 4.83. The van der Waals surface area contributed by atoms with Crippen molar-refractivity contribution in [3.63, 3.8) is 0 Å². The van der Waals surface area contributed by atoms with Crippen LogP contribution in [0.2, 0.25) is 0 Å². The second kappa shape index (κ2) is 10.2. The van der Waals surface area contributed by atoms with Crippen molar-refractivity contribution in [3.05, 3.63) is 54.1 Å². The second-order valence-corrected chi connectivity index (χ2v) is 6.93. The van der Waals surface area contributed by atoms with Gasteiger partial charge in [0.05, 0.1) is 18.7 Å². The zero-order valence-corrected chi connectivity index (χ0v) is 16.4. The molecule has 1 aliphatic heterocycles. The van der Waals surface area contributed by atoms with E-state index in [1.807, 2.05) is 24.3 Å². The first-order valence-electron chi connectivity index (χ1n) is 9.87. The van der Waals surface area contributed by atoms with Crippen LogP contribution in [0, 0.1) is 12.3 Å². The molecule has 6 heteroatoms. The highest BCUT2D eigenvalue weighted by Gasteiger charge is 2.12. The quantitative estimate of drug-likeness (QED) is 0.635. The molecule has 0 saturated carbocycles. The molecule has 2 amide bonds. The Morgan fingerprint density at radius 2 is 1.72 bits per heavy atom. The lowest BCUT2D eigenvalue weighted by molar-refractivity contribution is -0.114. The second-order valence-electron chi connectivity index (χ2n) is 6.93. The maximum absolute atomic E-state index is 12.3. The summed E-state index contributed by atoms with van der Waals surface area (Å²) in [6.45, 7) is 2.38. The Hall–Kier alpha value is -3.46. The van der Waals surface area contributed by atoms with Crippen molar-refractivity contribution in [1.29, 1.82) is 0 Å². The van der Waals surface area contributed by atoms with Crippen LogP contribution >= 0.6 is 0 Å². The van der Waals surface area contributed by atoms with Gasteiger partial charge in [-0.05, 0) is 55.7 Å². The Morgan fingerprint density at radius 1 is 1.00 bits per heavy atom. The van der Waals surface area contributed by atoms with Crippen LogP contribution < -0.4 is 20.9 Å². The van der Waals surface area contributed by atoms with Crippen molar-refractivity contribution >= 4 is 28.9 Å². The lowest BCUT2D eigenvalue weighted by Gasteiger charge is -2.28. The molecule has 0 atom stereocenters. The summed E-state index contributed by atoms with van der Waals surface area (Å²) in [7, 11) is 0. The van der Waals surface area contributed by atoms with Crippen molar-refractivity contribution in [2.75, 3.05) is 41.7 Å². The van der Waals surface area contributed by atoms with Gasteiger partial charge in [0.25, 0.3) is 5.91 Å². The predicted molar refractivity (Wildman–Crippen MR) is 117 cm³/mol. The van der Waals surface area contributed by atoms with E-state index < -0.39 is 0 Å². The minimum atomic E-state index is -0.278. The van der Waals surface area contributed by atoms with Gasteiger partial charge in [0.2, 0.25) is 5.91 Å². The molecule has 0 aliphatic carbocycles. The molecule has 2 aromatic rings. The predicted octanol–water partition coefficient (Wildman–Crippen LogP) is 3.09. The van der Waals surface area contributed by atoms with Gasteiger partial charge < -0.3 is 20.9 Å². The van der Waals surface area contributed by atoms with Crippen molar-refractivity contribution in [3.8, 4) is 12.3 Å². The van der Waals surface area contributed by atoms with Crippen molar-refractivity contribution in [2.45, 2.75) is 19.3 Å². The normalized spacial score (nSPS) is 13.3. The van der Waals surface area contributed by atoms with Crippen molar-refractivity contribution in [1.82, 2.24) is 5.32 Å². The SMILES string of the molecule is C#CCNC(=O)c1ccccc1NCC(=O)Nc1ccc(N2CCCCC2)cc1. The Bertz CT molecular complexity index is 880. The Balaban J connectivity index is 1.54. The third-order valence-electron chi connectivity index (χ3n) is 4.83. The Morgan fingerprint density at radius 3 is 2.45 bits per heavy atom. The summed E-state index contributed by atoms with van der Waals surface area (Å²) in [6.07, 6.45) is 8.94. The summed E-state index contributed by atoms with van der Waals surface area (Å²) in [5.74, 6) is 1.91. The number of para-hydroxylation sites is 1. The van der Waals surface area contributed by atoms with Gasteiger partial charge in [-0.3, -0.25) is 9.59 Å². The number of hydrogen-bond donors (Lipinski definition) is 3. The molecule has 1 saturated heterocycles. The molecule has 150 valence electrons. The van der Waals surface area contributed by atoms with Gasteiger partial charge in [-0.25, -0.2) is 0 Å². The number of hydrogen-bond acceptors (Lipinski definition) is 4. The fraction of sp³-hybridized carbons (Fsp3) is 0.304. The monoisotopic (exact) mass is 390 g/mol. The maximum Gasteiger partial charge on any atom is 0.254 e. The zero-order chi connectivity index (χ0) is 20.5. The molecule has 1 fully saturated rings. The number of nitrogens with one attached hydrogen (secondary N) is 3. The Labute approximate surface area is 171 Å². The number of benzene rings is 2. The Kier molecular flexibility index (Phi) is 7.12. The minimum absolute atomic E-state index is 0.0489. The highest BCUT2D eigenvalue weighted by atomic mass is 16.2. The number of amides is 2. The summed E-state index contributed by atoms with van der Waals surface area (Å²) in [6, 6.07) is 14.9. The summed E-state index contributed by atoms with van der Waals surface area (Å²) in [5.41, 5.74) is 2.96. The molecule has 2 aromatic carbocycles. The van der Waals surface area contributed by atoms with E-state index in [1.54, 1.807) is 24.3 Å². The molecule has 0 aromatic heterocycles. The number of carbonyl (C=O) groups is 2. The average Bonchev–Trinajstić information content (AvgIpc) is 2.77. The fourth-order valence-corrected chi connectivity index (χ4v) is 3.35. The molecular weight excluding hydrogens is 364 g/mol. The molecule has 0 bridgehead atoms. The van der Waals surface area contributed by atoms with Gasteiger partial charge in [0, 0.05) is 30.2 Å². The standard InChI is InChI=1S/C23H26N4O2/c1-2-14-24-23(29)20-8-4-5-9-21(20)25-17-22(28)26-18-10-12-19(13-11-18)27-15-6-3-7-16-27/h1,4-5,8-13,25H,3,6-7,14-17H2,(H,24,29)(H,26,28). The summed E-state index contributed by atoms with van der Waals surface area (Å²) in [5, 5.41) is 8.53. The van der Waals surface area contributed by atoms with Crippen LogP contribution in [0.5, 0.6) is 0 Å². The van der Waals surface area contributed by atoms with E-state index in [9.17, 15) is 9.59 Å². The van der Waals surface area contributed by atoms with Crippen LogP contribution in [-0.2, 0) is 4.79 Å². The van der Waals surface area contributed by atoms with E-state index in [0.29, 0.717) is 11.3 Å². The summed E-state index contributed by atoms with van der Waals surface area (Å²) >= 11 is 0. The van der Waals surface area contributed by atoms with Crippen LogP contribution in [0.1, 0.15) is 29.6 Å². The van der Waals surface area contributed by atoms with Crippen molar-refractivity contribution < 1.29 is 9.59 Å². The summed E-state index contributed by atoms with van der Waals surface area (Å²) < 4.78 is 0.